The molecule has 0 bridgehead atoms. The van der Waals surface area contributed by atoms with Gasteiger partial charge in [-0.3, -0.25) is 4.79 Å². The summed E-state index contributed by atoms with van der Waals surface area (Å²) in [7, 11) is -3.25. The maximum Gasteiger partial charge on any atom is 0.231 e. The van der Waals surface area contributed by atoms with Gasteiger partial charge in [-0.15, -0.1) is 11.3 Å². The fourth-order valence-corrected chi connectivity index (χ4v) is 4.38. The predicted molar refractivity (Wildman–Crippen MR) is 88.4 cm³/mol. The normalized spacial score (nSPS) is 16.6. The van der Waals surface area contributed by atoms with E-state index in [4.69, 9.17) is 0 Å². The van der Waals surface area contributed by atoms with Gasteiger partial charge in [-0.05, 0) is 13.8 Å². The first-order chi connectivity index (χ1) is 10.0. The van der Waals surface area contributed by atoms with Crippen LogP contribution in [0, 0.1) is 5.41 Å². The third kappa shape index (κ3) is 3.49. The van der Waals surface area contributed by atoms with E-state index in [0.717, 1.165) is 10.6 Å². The minimum Gasteiger partial charge on any atom is -0.302 e. The average Bonchev–Trinajstić information content (AvgIpc) is 2.78. The van der Waals surface area contributed by atoms with E-state index in [9.17, 15) is 13.2 Å². The van der Waals surface area contributed by atoms with E-state index < -0.39 is 20.7 Å². The molecule has 0 fully saturated rings. The van der Waals surface area contributed by atoms with Crippen molar-refractivity contribution in [3.8, 4) is 0 Å². The van der Waals surface area contributed by atoms with Gasteiger partial charge in [-0.1, -0.05) is 20.8 Å². The lowest BCUT2D eigenvalue weighted by Crippen LogP contribution is -2.39. The molecule has 1 aromatic heterocycles. The number of carbonyl (C=O) groups is 1. The van der Waals surface area contributed by atoms with Gasteiger partial charge in [0.05, 0.1) is 10.9 Å². The van der Waals surface area contributed by atoms with Gasteiger partial charge >= 0.3 is 0 Å². The van der Waals surface area contributed by atoms with Crippen LogP contribution in [-0.4, -0.2) is 35.4 Å². The first-order valence-corrected chi connectivity index (χ1v) is 9.63. The highest BCUT2D eigenvalue weighted by Gasteiger charge is 2.31. The van der Waals surface area contributed by atoms with E-state index in [1.807, 2.05) is 20.8 Å². The largest absolute Gasteiger partial charge is 0.302 e. The van der Waals surface area contributed by atoms with Crippen LogP contribution in [0.4, 0.5) is 5.13 Å². The lowest BCUT2D eigenvalue weighted by atomic mass is 9.96. The van der Waals surface area contributed by atoms with Crippen LogP contribution in [0.5, 0.6) is 0 Å². The molecule has 1 aliphatic heterocycles. The number of nitrogens with one attached hydrogen (secondary N) is 1. The van der Waals surface area contributed by atoms with Crippen LogP contribution in [0.2, 0.25) is 0 Å². The second-order valence-corrected chi connectivity index (χ2v) is 10.3. The Morgan fingerprint density at radius 1 is 1.36 bits per heavy atom. The summed E-state index contributed by atoms with van der Waals surface area (Å²) in [6.45, 7) is 9.69. The summed E-state index contributed by atoms with van der Waals surface area (Å²) in [6, 6.07) is 0. The molecule has 0 spiro atoms. The van der Waals surface area contributed by atoms with Crippen LogP contribution >= 0.6 is 11.3 Å². The molecule has 22 heavy (non-hydrogen) atoms. The maximum absolute atomic E-state index is 12.3. The molecule has 124 valence electrons. The summed E-state index contributed by atoms with van der Waals surface area (Å²) in [5.74, 6) is -0.0924. The Kier molecular flexibility index (Phi) is 4.66. The van der Waals surface area contributed by atoms with E-state index in [-0.39, 0.29) is 5.91 Å². The van der Waals surface area contributed by atoms with E-state index >= 15 is 0 Å². The van der Waals surface area contributed by atoms with Gasteiger partial charge in [0.1, 0.15) is 0 Å². The number of anilines is 1. The van der Waals surface area contributed by atoms with Gasteiger partial charge in [-0.25, -0.2) is 13.4 Å². The molecule has 1 amide bonds. The van der Waals surface area contributed by atoms with Crippen molar-refractivity contribution in [2.24, 2.45) is 5.41 Å². The van der Waals surface area contributed by atoms with Crippen molar-refractivity contribution < 1.29 is 13.2 Å². The highest BCUT2D eigenvalue weighted by atomic mass is 32.2. The fraction of sp³-hybridized carbons (Fsp3) is 0.714. The molecule has 1 N–H and O–H groups in total. The molecule has 8 heteroatoms. The lowest BCUT2D eigenvalue weighted by Gasteiger charge is -2.26. The smallest absolute Gasteiger partial charge is 0.231 e. The second-order valence-electron chi connectivity index (χ2n) is 6.77. The zero-order valence-corrected chi connectivity index (χ0v) is 15.3. The Morgan fingerprint density at radius 2 is 2.00 bits per heavy atom. The van der Waals surface area contributed by atoms with Gasteiger partial charge in [0.2, 0.25) is 15.9 Å². The van der Waals surface area contributed by atoms with Crippen molar-refractivity contribution in [3.63, 3.8) is 0 Å². The van der Waals surface area contributed by atoms with E-state index in [1.54, 1.807) is 13.8 Å². The molecule has 0 aliphatic carbocycles. The molecule has 1 aromatic rings. The van der Waals surface area contributed by atoms with E-state index in [0.29, 0.717) is 24.6 Å². The Bertz CT molecular complexity index is 672. The number of thiazole rings is 1. The zero-order valence-electron chi connectivity index (χ0n) is 13.6. The van der Waals surface area contributed by atoms with Crippen molar-refractivity contribution in [2.75, 3.05) is 11.9 Å². The minimum absolute atomic E-state index is 0.0924. The van der Waals surface area contributed by atoms with Crippen molar-refractivity contribution in [3.05, 3.63) is 10.6 Å². The van der Waals surface area contributed by atoms with Gasteiger partial charge in [0, 0.05) is 29.8 Å². The SMILES string of the molecule is CC(C)S(=O)(=O)N1CCc2nc(NC(=O)C(C)(C)C)sc2C1. The molecule has 0 radical (unpaired) electrons. The van der Waals surface area contributed by atoms with Crippen molar-refractivity contribution in [1.82, 2.24) is 9.29 Å². The summed E-state index contributed by atoms with van der Waals surface area (Å²) in [5.41, 5.74) is 0.406. The number of carbonyl (C=O) groups excluding carboxylic acids is 1. The summed E-state index contributed by atoms with van der Waals surface area (Å²) in [6.07, 6.45) is 0.586. The number of hydrogen-bond donors (Lipinski definition) is 1. The Labute approximate surface area is 136 Å². The molecule has 2 heterocycles. The van der Waals surface area contributed by atoms with Crippen LogP contribution in [0.3, 0.4) is 0 Å². The molecule has 0 atom stereocenters. The molecule has 6 nitrogen and oxygen atoms in total. The quantitative estimate of drug-likeness (QED) is 0.911. The Morgan fingerprint density at radius 3 is 2.55 bits per heavy atom. The molecular formula is C14H23N3O3S2. The Balaban J connectivity index is 2.16. The minimum atomic E-state index is -3.25. The number of rotatable bonds is 3. The van der Waals surface area contributed by atoms with Crippen molar-refractivity contribution in [2.45, 2.75) is 52.8 Å². The fourth-order valence-electron chi connectivity index (χ4n) is 2.03. The van der Waals surface area contributed by atoms with Crippen LogP contribution < -0.4 is 5.32 Å². The van der Waals surface area contributed by atoms with Crippen LogP contribution in [0.25, 0.3) is 0 Å². The maximum atomic E-state index is 12.3. The van der Waals surface area contributed by atoms with Crippen LogP contribution in [-0.2, 0) is 27.8 Å². The molecule has 0 saturated heterocycles. The molecule has 2 rings (SSSR count). The number of hydrogen-bond acceptors (Lipinski definition) is 5. The zero-order chi connectivity index (χ0) is 16.7. The highest BCUT2D eigenvalue weighted by Crippen LogP contribution is 2.31. The predicted octanol–water partition coefficient (Wildman–Crippen LogP) is 2.22. The lowest BCUT2D eigenvalue weighted by molar-refractivity contribution is -0.123. The van der Waals surface area contributed by atoms with Gasteiger partial charge in [0.25, 0.3) is 0 Å². The van der Waals surface area contributed by atoms with Crippen molar-refractivity contribution >= 4 is 32.4 Å². The number of sulfonamides is 1. The summed E-state index contributed by atoms with van der Waals surface area (Å²) in [4.78, 5) is 17.4. The first-order valence-electron chi connectivity index (χ1n) is 7.31. The average molecular weight is 345 g/mol. The first kappa shape index (κ1) is 17.4. The number of nitrogens with zero attached hydrogens (tertiary/aromatic N) is 2. The molecule has 0 aromatic carbocycles. The second kappa shape index (κ2) is 5.90. The molecule has 0 unspecified atom stereocenters. The van der Waals surface area contributed by atoms with E-state index in [1.165, 1.54) is 15.6 Å². The Hall–Kier alpha value is -0.990. The summed E-state index contributed by atoms with van der Waals surface area (Å²) >= 11 is 1.36. The van der Waals surface area contributed by atoms with E-state index in [2.05, 4.69) is 10.3 Å². The standard InChI is InChI=1S/C14H23N3O3S2/c1-9(2)22(19,20)17-7-6-10-11(8-17)21-13(15-10)16-12(18)14(3,4)5/h9H,6-8H2,1-5H3,(H,15,16,18). The molecular weight excluding hydrogens is 322 g/mol. The summed E-state index contributed by atoms with van der Waals surface area (Å²) < 4.78 is 26.0. The molecule has 1 aliphatic rings. The van der Waals surface area contributed by atoms with Gasteiger partial charge < -0.3 is 5.32 Å². The number of aromatic nitrogens is 1. The highest BCUT2D eigenvalue weighted by molar-refractivity contribution is 7.89. The topological polar surface area (TPSA) is 79.4 Å². The van der Waals surface area contributed by atoms with Crippen LogP contribution in [0.1, 0.15) is 45.2 Å². The number of amides is 1. The monoisotopic (exact) mass is 345 g/mol. The van der Waals surface area contributed by atoms with Gasteiger partial charge in [0.15, 0.2) is 5.13 Å². The van der Waals surface area contributed by atoms with Crippen molar-refractivity contribution in [1.29, 1.82) is 0 Å². The van der Waals surface area contributed by atoms with Crippen LogP contribution in [0.15, 0.2) is 0 Å². The third-order valence-corrected chi connectivity index (χ3v) is 6.77. The third-order valence-electron chi connectivity index (χ3n) is 3.55. The van der Waals surface area contributed by atoms with Gasteiger partial charge in [-0.2, -0.15) is 4.31 Å². The summed E-state index contributed by atoms with van der Waals surface area (Å²) in [5, 5.41) is 2.94. The number of fused-ring (bicyclic) bond motifs is 1. The molecule has 0 saturated carbocycles.